The van der Waals surface area contributed by atoms with Crippen LogP contribution in [0.1, 0.15) is 15.9 Å². The molecule has 0 bridgehead atoms. The van der Waals surface area contributed by atoms with Crippen molar-refractivity contribution in [2.45, 2.75) is 17.9 Å². The zero-order valence-electron chi connectivity index (χ0n) is 12.9. The van der Waals surface area contributed by atoms with E-state index < -0.39 is 11.0 Å². The molecule has 1 amide bonds. The van der Waals surface area contributed by atoms with E-state index in [4.69, 9.17) is 35.4 Å². The van der Waals surface area contributed by atoms with Crippen LogP contribution in [0, 0.1) is 6.92 Å². The number of carbonyl (C=O) groups is 1. The van der Waals surface area contributed by atoms with E-state index in [1.165, 1.54) is 0 Å². The van der Waals surface area contributed by atoms with Gasteiger partial charge >= 0.3 is 0 Å². The van der Waals surface area contributed by atoms with Crippen LogP contribution in [0.5, 0.6) is 0 Å². The molecule has 0 aromatic heterocycles. The molecule has 0 fully saturated rings. The van der Waals surface area contributed by atoms with Gasteiger partial charge < -0.3 is 16.0 Å². The lowest BCUT2D eigenvalue weighted by Gasteiger charge is -2.23. The molecule has 0 aliphatic carbocycles. The predicted octanol–water partition coefficient (Wildman–Crippen LogP) is 3.84. The Morgan fingerprint density at radius 3 is 2.21 bits per heavy atom. The van der Waals surface area contributed by atoms with Crippen molar-refractivity contribution in [2.75, 3.05) is 5.32 Å². The van der Waals surface area contributed by atoms with E-state index in [2.05, 4.69) is 16.0 Å². The molecule has 1 atom stereocenters. The fraction of sp³-hybridized carbons (Fsp3) is 0.176. The van der Waals surface area contributed by atoms with Crippen molar-refractivity contribution in [1.29, 1.82) is 0 Å². The van der Waals surface area contributed by atoms with Crippen molar-refractivity contribution >= 4 is 52.1 Å². The quantitative estimate of drug-likeness (QED) is 0.418. The maximum absolute atomic E-state index is 12.2. The Morgan fingerprint density at radius 2 is 1.62 bits per heavy atom. The first kappa shape index (κ1) is 18.5. The Kier molecular flexibility index (Phi) is 6.85. The molecule has 126 valence electrons. The number of halogens is 2. The van der Waals surface area contributed by atoms with Crippen molar-refractivity contribution in [2.24, 2.45) is 0 Å². The normalized spacial score (nSPS) is 11.7. The second-order valence-corrected chi connectivity index (χ2v) is 6.69. The van der Waals surface area contributed by atoms with Gasteiger partial charge in [-0.3, -0.25) is 4.79 Å². The summed E-state index contributed by atoms with van der Waals surface area (Å²) < 4.78 is 0. The van der Waals surface area contributed by atoms with Crippen molar-refractivity contribution < 1.29 is 4.79 Å². The number of hydrogen-bond donors (Lipinski definition) is 3. The number of hydrogen-bond acceptors (Lipinski definition) is 2. The number of rotatable bonds is 5. The van der Waals surface area contributed by atoms with Gasteiger partial charge in [0.15, 0.2) is 5.11 Å². The summed E-state index contributed by atoms with van der Waals surface area (Å²) in [6.07, 6.45) is -0.730. The van der Waals surface area contributed by atoms with Crippen molar-refractivity contribution in [3.63, 3.8) is 0 Å². The molecule has 7 heteroatoms. The maximum atomic E-state index is 12.2. The van der Waals surface area contributed by atoms with E-state index in [1.807, 2.05) is 37.3 Å². The lowest BCUT2D eigenvalue weighted by molar-refractivity contribution is 0.0936. The molecule has 0 aliphatic rings. The molecule has 0 aliphatic heterocycles. The molecule has 2 aromatic rings. The average molecular weight is 382 g/mol. The third-order valence-electron chi connectivity index (χ3n) is 3.17. The first-order valence-electron chi connectivity index (χ1n) is 7.24. The second-order valence-electron chi connectivity index (χ2n) is 5.12. The van der Waals surface area contributed by atoms with Gasteiger partial charge in [-0.25, -0.2) is 0 Å². The highest BCUT2D eigenvalue weighted by atomic mass is 35.5. The molecule has 0 saturated carbocycles. The van der Waals surface area contributed by atoms with Crippen LogP contribution in [0.3, 0.4) is 0 Å². The monoisotopic (exact) mass is 381 g/mol. The summed E-state index contributed by atoms with van der Waals surface area (Å²) in [4.78, 5) is 11.3. The Hall–Kier alpha value is -1.82. The number of benzene rings is 2. The molecule has 2 aromatic carbocycles. The SMILES string of the molecule is Cc1ccc(NC(=S)N[C@H](NC(=O)c2ccccc2)C(Cl)Cl)cc1. The fourth-order valence-electron chi connectivity index (χ4n) is 1.92. The van der Waals surface area contributed by atoms with Gasteiger partial charge in [-0.05, 0) is 43.4 Å². The summed E-state index contributed by atoms with van der Waals surface area (Å²) in [5.74, 6) is -0.294. The second kappa shape index (κ2) is 8.87. The Balaban J connectivity index is 1.96. The van der Waals surface area contributed by atoms with Crippen LogP contribution in [0.2, 0.25) is 0 Å². The third-order valence-corrected chi connectivity index (χ3v) is 3.89. The Bertz CT molecular complexity index is 693. The molecule has 0 saturated heterocycles. The van der Waals surface area contributed by atoms with E-state index in [1.54, 1.807) is 24.3 Å². The number of alkyl halides is 2. The summed E-state index contributed by atoms with van der Waals surface area (Å²) in [5, 5.41) is 8.95. The van der Waals surface area contributed by atoms with E-state index in [0.29, 0.717) is 10.7 Å². The van der Waals surface area contributed by atoms with E-state index in [-0.39, 0.29) is 5.91 Å². The zero-order valence-corrected chi connectivity index (χ0v) is 15.3. The molecular weight excluding hydrogens is 365 g/mol. The van der Waals surface area contributed by atoms with Gasteiger partial charge in [-0.15, -0.1) is 23.2 Å². The molecule has 2 rings (SSSR count). The third kappa shape index (κ3) is 5.67. The van der Waals surface area contributed by atoms with Gasteiger partial charge in [0.1, 0.15) is 11.0 Å². The standard InChI is InChI=1S/C17H17Cl2N3OS/c1-11-7-9-13(10-8-11)20-17(24)22-15(14(18)19)21-16(23)12-5-3-2-4-6-12/h2-10,14-15H,1H3,(H,21,23)(H2,20,22,24)/t15-/m0/s1. The lowest BCUT2D eigenvalue weighted by Crippen LogP contribution is -2.52. The maximum Gasteiger partial charge on any atom is 0.252 e. The van der Waals surface area contributed by atoms with Gasteiger partial charge in [-0.1, -0.05) is 35.9 Å². The largest absolute Gasteiger partial charge is 0.340 e. The van der Waals surface area contributed by atoms with Gasteiger partial charge in [0, 0.05) is 11.3 Å². The van der Waals surface area contributed by atoms with Crippen LogP contribution in [-0.4, -0.2) is 22.0 Å². The minimum Gasteiger partial charge on any atom is -0.340 e. The van der Waals surface area contributed by atoms with Gasteiger partial charge in [0.2, 0.25) is 0 Å². The minimum atomic E-state index is -0.879. The average Bonchev–Trinajstić information content (AvgIpc) is 2.57. The van der Waals surface area contributed by atoms with Crippen LogP contribution in [0.4, 0.5) is 5.69 Å². The summed E-state index contributed by atoms with van der Waals surface area (Å²) in [7, 11) is 0. The zero-order chi connectivity index (χ0) is 17.5. The summed E-state index contributed by atoms with van der Waals surface area (Å²) >= 11 is 17.1. The Morgan fingerprint density at radius 1 is 1.00 bits per heavy atom. The molecule has 0 spiro atoms. The molecule has 0 radical (unpaired) electrons. The summed E-state index contributed by atoms with van der Waals surface area (Å²) in [5.41, 5.74) is 2.48. The number of nitrogens with one attached hydrogen (secondary N) is 3. The Labute approximate surface area is 156 Å². The van der Waals surface area contributed by atoms with Crippen LogP contribution < -0.4 is 16.0 Å². The summed E-state index contributed by atoms with van der Waals surface area (Å²) in [6.45, 7) is 2.00. The fourth-order valence-corrected chi connectivity index (χ4v) is 2.42. The summed E-state index contributed by atoms with van der Waals surface area (Å²) in [6, 6.07) is 16.5. The first-order chi connectivity index (χ1) is 11.5. The highest BCUT2D eigenvalue weighted by Gasteiger charge is 2.21. The van der Waals surface area contributed by atoms with E-state index >= 15 is 0 Å². The van der Waals surface area contributed by atoms with Gasteiger partial charge in [0.25, 0.3) is 5.91 Å². The van der Waals surface area contributed by atoms with Crippen LogP contribution >= 0.6 is 35.4 Å². The van der Waals surface area contributed by atoms with Crippen LogP contribution in [0.15, 0.2) is 54.6 Å². The van der Waals surface area contributed by atoms with Crippen molar-refractivity contribution in [3.05, 3.63) is 65.7 Å². The van der Waals surface area contributed by atoms with Gasteiger partial charge in [0.05, 0.1) is 0 Å². The number of amides is 1. The van der Waals surface area contributed by atoms with Crippen LogP contribution in [-0.2, 0) is 0 Å². The highest BCUT2D eigenvalue weighted by molar-refractivity contribution is 7.80. The van der Waals surface area contributed by atoms with E-state index in [0.717, 1.165) is 11.3 Å². The smallest absolute Gasteiger partial charge is 0.252 e. The highest BCUT2D eigenvalue weighted by Crippen LogP contribution is 2.10. The topological polar surface area (TPSA) is 53.2 Å². The number of aryl methyl sites for hydroxylation is 1. The minimum absolute atomic E-state index is 0.294. The first-order valence-corrected chi connectivity index (χ1v) is 8.52. The molecule has 4 nitrogen and oxygen atoms in total. The van der Waals surface area contributed by atoms with Crippen LogP contribution in [0.25, 0.3) is 0 Å². The number of thiocarbonyl (C=S) groups is 1. The molecule has 0 heterocycles. The molecule has 0 unspecified atom stereocenters. The van der Waals surface area contributed by atoms with Crippen molar-refractivity contribution in [3.8, 4) is 0 Å². The molecule has 3 N–H and O–H groups in total. The molecular formula is C17H17Cl2N3OS. The molecule has 24 heavy (non-hydrogen) atoms. The van der Waals surface area contributed by atoms with Gasteiger partial charge in [-0.2, -0.15) is 0 Å². The lowest BCUT2D eigenvalue weighted by atomic mass is 10.2. The van der Waals surface area contributed by atoms with E-state index in [9.17, 15) is 4.79 Å². The number of carbonyl (C=O) groups excluding carboxylic acids is 1. The number of anilines is 1. The predicted molar refractivity (Wildman–Crippen MR) is 104 cm³/mol. The van der Waals surface area contributed by atoms with Crippen molar-refractivity contribution in [1.82, 2.24) is 10.6 Å².